The molecule has 0 bridgehead atoms. The number of para-hydroxylation sites is 2. The molecule has 5 heteroatoms. The zero-order valence-electron chi connectivity index (χ0n) is 29.2. The van der Waals surface area contributed by atoms with Crippen LogP contribution in [-0.4, -0.2) is 15.0 Å². The van der Waals surface area contributed by atoms with Gasteiger partial charge in [-0.1, -0.05) is 115 Å². The fourth-order valence-corrected chi connectivity index (χ4v) is 6.69. The van der Waals surface area contributed by atoms with Crippen LogP contribution in [0.3, 0.4) is 0 Å². The number of hydrogen-bond acceptors (Lipinski definition) is 5. The molecule has 0 saturated carbocycles. The Labute approximate surface area is 271 Å². The van der Waals surface area contributed by atoms with Crippen molar-refractivity contribution < 1.29 is 11.3 Å². The molecule has 2 aromatic heterocycles. The molecular weight excluding hydrogens is 564 g/mol. The van der Waals surface area contributed by atoms with Crippen LogP contribution in [0.1, 0.15) is 6.85 Å². The summed E-state index contributed by atoms with van der Waals surface area (Å²) in [6.07, 6.45) is 0. The van der Waals surface area contributed by atoms with Crippen LogP contribution in [0.25, 0.3) is 77.4 Å². The number of nitrogens with zero attached hydrogens (tertiary/aromatic N) is 4. The van der Waals surface area contributed by atoms with Crippen molar-refractivity contribution in [1.29, 1.82) is 0 Å². The summed E-state index contributed by atoms with van der Waals surface area (Å²) >= 11 is 0. The van der Waals surface area contributed by atoms with Crippen LogP contribution >= 0.6 is 0 Å². The van der Waals surface area contributed by atoms with Gasteiger partial charge < -0.3 is 4.42 Å². The summed E-state index contributed by atoms with van der Waals surface area (Å²) in [7, 11) is 0. The van der Waals surface area contributed by atoms with Crippen LogP contribution in [-0.2, 0) is 0 Å². The Morgan fingerprint density at radius 3 is 2.13 bits per heavy atom. The summed E-state index contributed by atoms with van der Waals surface area (Å²) in [4.78, 5) is 16.9. The first-order chi connectivity index (χ1) is 24.9. The van der Waals surface area contributed by atoms with Gasteiger partial charge >= 0.3 is 0 Å². The Kier molecular flexibility index (Phi) is 4.29. The van der Waals surface area contributed by atoms with E-state index < -0.39 is 30.2 Å². The molecule has 10 rings (SSSR count). The van der Waals surface area contributed by atoms with Crippen molar-refractivity contribution in [2.24, 2.45) is 0 Å². The lowest BCUT2D eigenvalue weighted by Crippen LogP contribution is -2.19. The Morgan fingerprint density at radius 2 is 1.24 bits per heavy atom. The highest BCUT2D eigenvalue weighted by Gasteiger charge is 2.29. The standard InChI is InChI=1S/C41H24N4O/c1-2-11-26(12-3-1)39-42-40(32-20-10-19-31-29-17-6-7-22-36(29)46-38(31)32)44-41(43-39)45-34-21-9-16-25-15-8-18-30(37(25)34)33-23-27-13-4-5-14-28(27)24-35(33)45/h1-24H/i1D,2D,3D,11D,12D. The van der Waals surface area contributed by atoms with Gasteiger partial charge in [-0.25, -0.2) is 4.98 Å². The minimum atomic E-state index is -0.490. The number of hydrogen-bond donors (Lipinski definition) is 0. The molecular formula is C41H24N4O. The number of fused-ring (bicyclic) bond motifs is 6. The van der Waals surface area contributed by atoms with E-state index in [1.807, 2.05) is 71.6 Å². The van der Waals surface area contributed by atoms with E-state index >= 15 is 0 Å². The van der Waals surface area contributed by atoms with Crippen molar-refractivity contribution >= 4 is 60.8 Å². The highest BCUT2D eigenvalue weighted by atomic mass is 16.3. The average molecular weight is 594 g/mol. The first-order valence-electron chi connectivity index (χ1n) is 17.5. The summed E-state index contributed by atoms with van der Waals surface area (Å²) < 4.78 is 49.2. The molecule has 0 aliphatic carbocycles. The first kappa shape index (κ1) is 20.6. The van der Waals surface area contributed by atoms with E-state index in [0.29, 0.717) is 16.7 Å². The van der Waals surface area contributed by atoms with Gasteiger partial charge in [0, 0.05) is 27.3 Å². The molecule has 214 valence electrons. The molecule has 0 atom stereocenters. The Hall–Kier alpha value is -6.33. The lowest BCUT2D eigenvalue weighted by Gasteiger charge is -2.32. The van der Waals surface area contributed by atoms with Gasteiger partial charge in [-0.15, -0.1) is 0 Å². The van der Waals surface area contributed by atoms with Crippen LogP contribution in [0.15, 0.2) is 150 Å². The number of rotatable bonds is 3. The van der Waals surface area contributed by atoms with E-state index in [1.54, 1.807) is 0 Å². The van der Waals surface area contributed by atoms with Gasteiger partial charge in [-0.05, 0) is 52.1 Å². The van der Waals surface area contributed by atoms with Crippen LogP contribution in [0.2, 0.25) is 0 Å². The smallest absolute Gasteiger partial charge is 0.238 e. The van der Waals surface area contributed by atoms with Gasteiger partial charge in [-0.3, -0.25) is 4.90 Å². The average Bonchev–Trinajstić information content (AvgIpc) is 3.55. The molecule has 0 amide bonds. The third kappa shape index (κ3) is 3.66. The van der Waals surface area contributed by atoms with E-state index in [4.69, 9.17) is 26.2 Å². The van der Waals surface area contributed by atoms with Crippen molar-refractivity contribution in [2.45, 2.75) is 0 Å². The maximum absolute atomic E-state index is 8.86. The van der Waals surface area contributed by atoms with Gasteiger partial charge in [0.2, 0.25) is 5.95 Å². The molecule has 7 aromatic carbocycles. The van der Waals surface area contributed by atoms with Crippen molar-refractivity contribution in [3.05, 3.63) is 145 Å². The quantitative estimate of drug-likeness (QED) is 0.204. The number of furan rings is 1. The Bertz CT molecular complexity index is 2930. The molecule has 1 aliphatic heterocycles. The lowest BCUT2D eigenvalue weighted by molar-refractivity contribution is 0.669. The predicted molar refractivity (Wildman–Crippen MR) is 187 cm³/mol. The molecule has 1 aliphatic rings. The van der Waals surface area contributed by atoms with Gasteiger partial charge in [0.25, 0.3) is 0 Å². The highest BCUT2D eigenvalue weighted by molar-refractivity contribution is 6.15. The van der Waals surface area contributed by atoms with Gasteiger partial charge in [0.05, 0.1) is 23.8 Å². The summed E-state index contributed by atoms with van der Waals surface area (Å²) in [6, 6.07) is 36.1. The second-order valence-electron chi connectivity index (χ2n) is 11.3. The third-order valence-corrected chi connectivity index (χ3v) is 8.71. The lowest BCUT2D eigenvalue weighted by atomic mass is 9.90. The maximum Gasteiger partial charge on any atom is 0.238 e. The normalized spacial score (nSPS) is 13.8. The third-order valence-electron chi connectivity index (χ3n) is 8.71. The molecule has 3 heterocycles. The minimum absolute atomic E-state index is 0.0477. The molecule has 0 spiro atoms. The van der Waals surface area contributed by atoms with Crippen molar-refractivity contribution in [1.82, 2.24) is 15.0 Å². The largest absolute Gasteiger partial charge is 0.455 e. The fraction of sp³-hybridized carbons (Fsp3) is 0. The minimum Gasteiger partial charge on any atom is -0.455 e. The molecule has 46 heavy (non-hydrogen) atoms. The molecule has 0 unspecified atom stereocenters. The Balaban J connectivity index is 1.33. The molecule has 0 N–H and O–H groups in total. The number of benzene rings is 7. The Morgan fingerprint density at radius 1 is 0.543 bits per heavy atom. The van der Waals surface area contributed by atoms with E-state index in [9.17, 15) is 0 Å². The second-order valence-corrected chi connectivity index (χ2v) is 11.3. The van der Waals surface area contributed by atoms with Crippen LogP contribution in [0.4, 0.5) is 17.3 Å². The van der Waals surface area contributed by atoms with E-state index in [-0.39, 0.29) is 23.2 Å². The summed E-state index contributed by atoms with van der Waals surface area (Å²) in [6.45, 7) is 0. The predicted octanol–water partition coefficient (Wildman–Crippen LogP) is 10.9. The molecule has 0 fully saturated rings. The SMILES string of the molecule is [2H]c1c([2H])c([2H])c(-c2nc(-c3cccc4c3oc3ccccc34)nc(N3c4cc5ccccc5cc4-c4cccc5cccc3c45)n2)c([2H])c1[2H]. The van der Waals surface area contributed by atoms with E-state index in [0.717, 1.165) is 54.8 Å². The van der Waals surface area contributed by atoms with Crippen molar-refractivity contribution in [3.63, 3.8) is 0 Å². The van der Waals surface area contributed by atoms with Crippen molar-refractivity contribution in [3.8, 4) is 33.9 Å². The zero-order valence-corrected chi connectivity index (χ0v) is 24.2. The van der Waals surface area contributed by atoms with Crippen LogP contribution in [0, 0.1) is 0 Å². The van der Waals surface area contributed by atoms with Gasteiger partial charge in [0.15, 0.2) is 11.6 Å². The monoisotopic (exact) mass is 593 g/mol. The topological polar surface area (TPSA) is 55.1 Å². The van der Waals surface area contributed by atoms with E-state index in [2.05, 4.69) is 48.5 Å². The molecule has 0 radical (unpaired) electrons. The van der Waals surface area contributed by atoms with Gasteiger partial charge in [0.1, 0.15) is 11.2 Å². The summed E-state index contributed by atoms with van der Waals surface area (Å²) in [5.41, 5.74) is 5.49. The summed E-state index contributed by atoms with van der Waals surface area (Å²) in [5.74, 6) is 0.418. The van der Waals surface area contributed by atoms with Crippen LogP contribution in [0.5, 0.6) is 0 Å². The molecule has 5 nitrogen and oxygen atoms in total. The number of aromatic nitrogens is 3. The number of anilines is 3. The van der Waals surface area contributed by atoms with Crippen molar-refractivity contribution in [2.75, 3.05) is 4.90 Å². The zero-order chi connectivity index (χ0) is 34.5. The van der Waals surface area contributed by atoms with E-state index in [1.165, 1.54) is 0 Å². The summed E-state index contributed by atoms with van der Waals surface area (Å²) in [5, 5.41) is 5.99. The van der Waals surface area contributed by atoms with Gasteiger partial charge in [-0.2, -0.15) is 9.97 Å². The molecule has 9 aromatic rings. The second kappa shape index (κ2) is 9.58. The maximum atomic E-state index is 8.86. The first-order valence-corrected chi connectivity index (χ1v) is 15.0. The van der Waals surface area contributed by atoms with Crippen LogP contribution < -0.4 is 4.90 Å². The molecule has 0 saturated heterocycles. The highest BCUT2D eigenvalue weighted by Crippen LogP contribution is 2.51. The fourth-order valence-electron chi connectivity index (χ4n) is 6.69.